The summed E-state index contributed by atoms with van der Waals surface area (Å²) in [5, 5.41) is 11.8. The average molecular weight is 351 g/mol. The summed E-state index contributed by atoms with van der Waals surface area (Å²) in [4.78, 5) is 12.4. The molecule has 0 unspecified atom stereocenters. The van der Waals surface area contributed by atoms with Crippen molar-refractivity contribution in [3.05, 3.63) is 69.8 Å². The molecular formula is C20H25N5O. The Morgan fingerprint density at radius 3 is 2.31 bits per heavy atom. The number of aromatic nitrogens is 4. The number of nitrogens with zero attached hydrogens (tertiary/aromatic N) is 4. The van der Waals surface area contributed by atoms with Crippen molar-refractivity contribution in [2.75, 3.05) is 0 Å². The summed E-state index contributed by atoms with van der Waals surface area (Å²) in [7, 11) is 1.91. The van der Waals surface area contributed by atoms with Gasteiger partial charge in [-0.2, -0.15) is 10.2 Å². The van der Waals surface area contributed by atoms with Gasteiger partial charge in [0, 0.05) is 36.1 Å². The van der Waals surface area contributed by atoms with Gasteiger partial charge in [-0.05, 0) is 51.5 Å². The van der Waals surface area contributed by atoms with Gasteiger partial charge in [0.15, 0.2) is 0 Å². The molecule has 26 heavy (non-hydrogen) atoms. The third-order valence-electron chi connectivity index (χ3n) is 4.74. The van der Waals surface area contributed by atoms with Crippen LogP contribution in [0.1, 0.15) is 44.3 Å². The molecule has 136 valence electrons. The van der Waals surface area contributed by atoms with Gasteiger partial charge >= 0.3 is 0 Å². The zero-order valence-electron chi connectivity index (χ0n) is 16.0. The molecular weight excluding hydrogens is 326 g/mol. The molecule has 0 radical (unpaired) electrons. The van der Waals surface area contributed by atoms with E-state index in [9.17, 15) is 4.79 Å². The molecule has 2 aromatic heterocycles. The minimum atomic E-state index is -0.0784. The number of nitrogens with one attached hydrogen (secondary N) is 1. The molecule has 0 saturated carbocycles. The summed E-state index contributed by atoms with van der Waals surface area (Å²) in [5.41, 5.74) is 7.01. The fourth-order valence-corrected chi connectivity index (χ4v) is 3.11. The third-order valence-corrected chi connectivity index (χ3v) is 4.74. The van der Waals surface area contributed by atoms with Crippen molar-refractivity contribution in [1.82, 2.24) is 24.9 Å². The normalized spacial score (nSPS) is 11.0. The highest BCUT2D eigenvalue weighted by molar-refractivity contribution is 5.94. The lowest BCUT2D eigenvalue weighted by Crippen LogP contribution is -2.23. The lowest BCUT2D eigenvalue weighted by molar-refractivity contribution is 0.0951. The fourth-order valence-electron chi connectivity index (χ4n) is 3.11. The molecule has 0 atom stereocenters. The average Bonchev–Trinajstić information content (AvgIpc) is 3.04. The predicted octanol–water partition coefficient (Wildman–Crippen LogP) is 2.83. The number of carbonyl (C=O) groups is 1. The Hall–Kier alpha value is -2.89. The molecule has 0 spiro atoms. The summed E-state index contributed by atoms with van der Waals surface area (Å²) >= 11 is 0. The molecule has 1 N–H and O–H groups in total. The van der Waals surface area contributed by atoms with Gasteiger partial charge in [0.1, 0.15) is 0 Å². The molecule has 2 heterocycles. The van der Waals surface area contributed by atoms with Gasteiger partial charge < -0.3 is 5.32 Å². The Bertz CT molecular complexity index is 934. The topological polar surface area (TPSA) is 64.7 Å². The second-order valence-electron chi connectivity index (χ2n) is 6.74. The first-order chi connectivity index (χ1) is 12.3. The van der Waals surface area contributed by atoms with Gasteiger partial charge in [0.25, 0.3) is 5.91 Å². The van der Waals surface area contributed by atoms with E-state index >= 15 is 0 Å². The number of benzene rings is 1. The van der Waals surface area contributed by atoms with Crippen LogP contribution in [0.2, 0.25) is 0 Å². The SMILES string of the molecule is Cc1cc(C)n(Cc2ccc(C(=O)NCc3c(C)nn(C)c3C)cc2)n1. The van der Waals surface area contributed by atoms with Gasteiger partial charge in [-0.1, -0.05) is 12.1 Å². The van der Waals surface area contributed by atoms with Crippen molar-refractivity contribution in [2.45, 2.75) is 40.8 Å². The van der Waals surface area contributed by atoms with Crippen LogP contribution in [0.25, 0.3) is 0 Å². The summed E-state index contributed by atoms with van der Waals surface area (Å²) in [6.07, 6.45) is 0. The van der Waals surface area contributed by atoms with Crippen LogP contribution in [0, 0.1) is 27.7 Å². The van der Waals surface area contributed by atoms with Crippen molar-refractivity contribution in [3.8, 4) is 0 Å². The lowest BCUT2D eigenvalue weighted by atomic mass is 10.1. The molecule has 1 aromatic carbocycles. The van der Waals surface area contributed by atoms with E-state index in [-0.39, 0.29) is 5.91 Å². The molecule has 3 aromatic rings. The monoisotopic (exact) mass is 351 g/mol. The smallest absolute Gasteiger partial charge is 0.251 e. The van der Waals surface area contributed by atoms with E-state index in [1.54, 1.807) is 0 Å². The van der Waals surface area contributed by atoms with Gasteiger partial charge in [-0.25, -0.2) is 0 Å². The van der Waals surface area contributed by atoms with E-state index in [4.69, 9.17) is 0 Å². The van der Waals surface area contributed by atoms with Gasteiger partial charge in [0.05, 0.1) is 17.9 Å². The standard InChI is InChI=1S/C20H25N5O/c1-13-10-14(2)25(22-13)12-17-6-8-18(9-7-17)20(26)21-11-19-15(3)23-24(5)16(19)4/h6-10H,11-12H2,1-5H3,(H,21,26). The van der Waals surface area contributed by atoms with Crippen LogP contribution >= 0.6 is 0 Å². The number of hydrogen-bond donors (Lipinski definition) is 1. The van der Waals surface area contributed by atoms with Crippen LogP contribution < -0.4 is 5.32 Å². The number of rotatable bonds is 5. The Morgan fingerprint density at radius 1 is 1.08 bits per heavy atom. The molecule has 0 aliphatic carbocycles. The van der Waals surface area contributed by atoms with Crippen molar-refractivity contribution in [1.29, 1.82) is 0 Å². The zero-order chi connectivity index (χ0) is 18.8. The maximum Gasteiger partial charge on any atom is 0.251 e. The summed E-state index contributed by atoms with van der Waals surface area (Å²) in [5.74, 6) is -0.0784. The third kappa shape index (κ3) is 3.69. The van der Waals surface area contributed by atoms with Gasteiger partial charge in [0.2, 0.25) is 0 Å². The molecule has 1 amide bonds. The minimum Gasteiger partial charge on any atom is -0.348 e. The van der Waals surface area contributed by atoms with Crippen LogP contribution in [0.15, 0.2) is 30.3 Å². The molecule has 0 fully saturated rings. The second-order valence-corrected chi connectivity index (χ2v) is 6.74. The second kappa shape index (κ2) is 7.15. The first-order valence-corrected chi connectivity index (χ1v) is 8.72. The number of hydrogen-bond acceptors (Lipinski definition) is 3. The molecule has 0 bridgehead atoms. The highest BCUT2D eigenvalue weighted by atomic mass is 16.1. The Labute approximate surface area is 153 Å². The zero-order valence-corrected chi connectivity index (χ0v) is 16.0. The van der Waals surface area contributed by atoms with Crippen LogP contribution in [-0.2, 0) is 20.1 Å². The predicted molar refractivity (Wildman–Crippen MR) is 101 cm³/mol. The largest absolute Gasteiger partial charge is 0.348 e. The quantitative estimate of drug-likeness (QED) is 0.769. The molecule has 0 saturated heterocycles. The maximum atomic E-state index is 12.4. The van der Waals surface area contributed by atoms with Crippen LogP contribution in [-0.4, -0.2) is 25.5 Å². The van der Waals surface area contributed by atoms with Crippen LogP contribution in [0.3, 0.4) is 0 Å². The molecule has 0 aliphatic rings. The van der Waals surface area contributed by atoms with E-state index in [1.165, 1.54) is 0 Å². The summed E-state index contributed by atoms with van der Waals surface area (Å²) < 4.78 is 3.81. The Balaban J connectivity index is 1.64. The highest BCUT2D eigenvalue weighted by Crippen LogP contribution is 2.13. The molecule has 0 aliphatic heterocycles. The maximum absolute atomic E-state index is 12.4. The highest BCUT2D eigenvalue weighted by Gasteiger charge is 2.12. The van der Waals surface area contributed by atoms with Gasteiger partial charge in [-0.3, -0.25) is 14.2 Å². The van der Waals surface area contributed by atoms with Gasteiger partial charge in [-0.15, -0.1) is 0 Å². The molecule has 3 rings (SSSR count). The van der Waals surface area contributed by atoms with Crippen molar-refractivity contribution in [2.24, 2.45) is 7.05 Å². The number of carbonyl (C=O) groups excluding carboxylic acids is 1. The first kappa shape index (κ1) is 17.9. The van der Waals surface area contributed by atoms with E-state index < -0.39 is 0 Å². The fraction of sp³-hybridized carbons (Fsp3) is 0.350. The summed E-state index contributed by atoms with van der Waals surface area (Å²) in [6, 6.07) is 9.74. The minimum absolute atomic E-state index is 0.0784. The molecule has 6 heteroatoms. The molecule has 6 nitrogen and oxygen atoms in total. The van der Waals surface area contributed by atoms with Crippen molar-refractivity contribution >= 4 is 5.91 Å². The van der Waals surface area contributed by atoms with Crippen LogP contribution in [0.4, 0.5) is 0 Å². The van der Waals surface area contributed by atoms with Crippen molar-refractivity contribution < 1.29 is 4.79 Å². The van der Waals surface area contributed by atoms with E-state index in [2.05, 4.69) is 21.6 Å². The summed E-state index contributed by atoms with van der Waals surface area (Å²) in [6.45, 7) is 9.19. The Kier molecular flexibility index (Phi) is 4.93. The van der Waals surface area contributed by atoms with E-state index in [0.29, 0.717) is 18.7 Å². The van der Waals surface area contributed by atoms with Crippen molar-refractivity contribution in [3.63, 3.8) is 0 Å². The Morgan fingerprint density at radius 2 is 1.77 bits per heavy atom. The number of amides is 1. The first-order valence-electron chi connectivity index (χ1n) is 8.72. The number of aryl methyl sites for hydroxylation is 4. The van der Waals surface area contributed by atoms with E-state index in [0.717, 1.165) is 33.9 Å². The van der Waals surface area contributed by atoms with E-state index in [1.807, 2.05) is 68.4 Å². The van der Waals surface area contributed by atoms with Crippen LogP contribution in [0.5, 0.6) is 0 Å². The lowest BCUT2D eigenvalue weighted by Gasteiger charge is -2.08.